The molecule has 4 aromatic rings. The Morgan fingerprint density at radius 2 is 1.88 bits per heavy atom. The van der Waals surface area contributed by atoms with Gasteiger partial charge in [-0.15, -0.1) is 0 Å². The lowest BCUT2D eigenvalue weighted by Gasteiger charge is -2.42. The van der Waals surface area contributed by atoms with Gasteiger partial charge < -0.3 is 14.6 Å². The SMILES string of the molecule is CC1CCN(S(=O)(=O)c2ccc(Oc3ccccn3)cc2)CC1N(C)c1ccnc2[nH]ccc12. The fraction of sp³-hybridized carbons (Fsp3) is 0.280. The number of ether oxygens (including phenoxy) is 1. The number of hydrogen-bond acceptors (Lipinski definition) is 6. The van der Waals surface area contributed by atoms with Crippen molar-refractivity contribution in [1.82, 2.24) is 19.3 Å². The molecule has 2 unspecified atom stereocenters. The van der Waals surface area contributed by atoms with Crippen molar-refractivity contribution in [3.05, 3.63) is 73.2 Å². The lowest BCUT2D eigenvalue weighted by molar-refractivity contribution is 0.248. The summed E-state index contributed by atoms with van der Waals surface area (Å²) in [6.07, 6.45) is 6.08. The van der Waals surface area contributed by atoms with E-state index in [1.165, 1.54) is 0 Å². The smallest absolute Gasteiger partial charge is 0.243 e. The summed E-state index contributed by atoms with van der Waals surface area (Å²) in [6.45, 7) is 3.10. The van der Waals surface area contributed by atoms with Crippen LogP contribution in [0, 0.1) is 5.92 Å². The van der Waals surface area contributed by atoms with Crippen LogP contribution in [0.3, 0.4) is 0 Å². The number of fused-ring (bicyclic) bond motifs is 1. The molecule has 1 fully saturated rings. The average molecular weight is 478 g/mol. The van der Waals surface area contributed by atoms with E-state index < -0.39 is 10.0 Å². The fourth-order valence-corrected chi connectivity index (χ4v) is 6.00. The molecular formula is C25H27N5O3S. The third kappa shape index (κ3) is 4.24. The molecule has 34 heavy (non-hydrogen) atoms. The van der Waals surface area contributed by atoms with Crippen molar-refractivity contribution in [3.63, 3.8) is 0 Å². The zero-order valence-corrected chi connectivity index (χ0v) is 19.9. The molecule has 9 heteroatoms. The average Bonchev–Trinajstić information content (AvgIpc) is 3.34. The predicted octanol–water partition coefficient (Wildman–Crippen LogP) is 4.29. The molecule has 0 spiro atoms. The Bertz CT molecular complexity index is 1370. The lowest BCUT2D eigenvalue weighted by atomic mass is 9.93. The topological polar surface area (TPSA) is 91.4 Å². The van der Waals surface area contributed by atoms with Crippen molar-refractivity contribution in [3.8, 4) is 11.6 Å². The number of piperidine rings is 1. The van der Waals surface area contributed by atoms with Crippen LogP contribution in [0.4, 0.5) is 5.69 Å². The van der Waals surface area contributed by atoms with E-state index in [1.807, 2.05) is 37.5 Å². The predicted molar refractivity (Wildman–Crippen MR) is 132 cm³/mol. The monoisotopic (exact) mass is 477 g/mol. The van der Waals surface area contributed by atoms with Gasteiger partial charge in [-0.25, -0.2) is 18.4 Å². The van der Waals surface area contributed by atoms with Gasteiger partial charge in [-0.2, -0.15) is 4.31 Å². The van der Waals surface area contributed by atoms with Gasteiger partial charge in [-0.3, -0.25) is 0 Å². The van der Waals surface area contributed by atoms with Gasteiger partial charge in [0.05, 0.1) is 4.90 Å². The molecule has 8 nitrogen and oxygen atoms in total. The molecule has 0 bridgehead atoms. The number of anilines is 1. The molecule has 4 heterocycles. The maximum absolute atomic E-state index is 13.5. The summed E-state index contributed by atoms with van der Waals surface area (Å²) in [4.78, 5) is 14.1. The van der Waals surface area contributed by atoms with Crippen LogP contribution in [0.5, 0.6) is 11.6 Å². The largest absolute Gasteiger partial charge is 0.439 e. The van der Waals surface area contributed by atoms with Crippen molar-refractivity contribution in [2.75, 3.05) is 25.0 Å². The number of pyridine rings is 2. The van der Waals surface area contributed by atoms with Gasteiger partial charge in [0, 0.05) is 61.9 Å². The number of rotatable bonds is 6. The molecule has 1 aromatic carbocycles. The van der Waals surface area contributed by atoms with Crippen LogP contribution in [-0.4, -0.2) is 53.9 Å². The highest BCUT2D eigenvalue weighted by Crippen LogP contribution is 2.32. The van der Waals surface area contributed by atoms with Crippen LogP contribution in [-0.2, 0) is 10.0 Å². The van der Waals surface area contributed by atoms with Gasteiger partial charge >= 0.3 is 0 Å². The second-order valence-electron chi connectivity index (χ2n) is 8.62. The minimum Gasteiger partial charge on any atom is -0.439 e. The molecule has 1 N–H and O–H groups in total. The Balaban J connectivity index is 1.35. The number of nitrogens with zero attached hydrogens (tertiary/aromatic N) is 4. The van der Waals surface area contributed by atoms with Crippen LogP contribution in [0.25, 0.3) is 11.0 Å². The normalized spacial score (nSPS) is 19.2. The maximum atomic E-state index is 13.5. The van der Waals surface area contributed by atoms with E-state index in [0.29, 0.717) is 30.6 Å². The highest BCUT2D eigenvalue weighted by atomic mass is 32.2. The van der Waals surface area contributed by atoms with E-state index in [-0.39, 0.29) is 10.9 Å². The van der Waals surface area contributed by atoms with E-state index in [9.17, 15) is 8.42 Å². The first-order chi connectivity index (χ1) is 16.4. The van der Waals surface area contributed by atoms with Crippen LogP contribution >= 0.6 is 0 Å². The van der Waals surface area contributed by atoms with Crippen LogP contribution in [0.1, 0.15) is 13.3 Å². The number of H-pyrrole nitrogens is 1. The van der Waals surface area contributed by atoms with Crippen LogP contribution < -0.4 is 9.64 Å². The van der Waals surface area contributed by atoms with Gasteiger partial charge in [0.1, 0.15) is 11.4 Å². The van der Waals surface area contributed by atoms with Gasteiger partial charge in [0.15, 0.2) is 0 Å². The zero-order chi connectivity index (χ0) is 23.7. The maximum Gasteiger partial charge on any atom is 0.243 e. The Kier molecular flexibility index (Phi) is 5.97. The molecular weight excluding hydrogens is 450 g/mol. The lowest BCUT2D eigenvalue weighted by Crippen LogP contribution is -2.52. The second-order valence-corrected chi connectivity index (χ2v) is 10.6. The van der Waals surface area contributed by atoms with Crippen molar-refractivity contribution in [2.24, 2.45) is 5.92 Å². The number of benzene rings is 1. The number of sulfonamides is 1. The van der Waals surface area contributed by atoms with Crippen molar-refractivity contribution < 1.29 is 13.2 Å². The summed E-state index contributed by atoms with van der Waals surface area (Å²) >= 11 is 0. The molecule has 1 saturated heterocycles. The first kappa shape index (κ1) is 22.4. The summed E-state index contributed by atoms with van der Waals surface area (Å²) in [7, 11) is -1.61. The molecule has 0 amide bonds. The van der Waals surface area contributed by atoms with Gasteiger partial charge in [-0.1, -0.05) is 13.0 Å². The quantitative estimate of drug-likeness (QED) is 0.446. The minimum absolute atomic E-state index is 0.0378. The minimum atomic E-state index is -3.64. The molecule has 1 aliphatic rings. The summed E-state index contributed by atoms with van der Waals surface area (Å²) < 4.78 is 34.3. The number of hydrogen-bond donors (Lipinski definition) is 1. The Morgan fingerprint density at radius 1 is 1.06 bits per heavy atom. The molecule has 176 valence electrons. The highest BCUT2D eigenvalue weighted by molar-refractivity contribution is 7.89. The summed E-state index contributed by atoms with van der Waals surface area (Å²) in [6, 6.07) is 15.9. The number of likely N-dealkylation sites (N-methyl/N-ethyl adjacent to an activating group) is 1. The Labute approximate surface area is 199 Å². The summed E-state index contributed by atoms with van der Waals surface area (Å²) in [5.74, 6) is 1.34. The molecule has 1 aliphatic heterocycles. The van der Waals surface area contributed by atoms with Crippen molar-refractivity contribution >= 4 is 26.7 Å². The first-order valence-corrected chi connectivity index (χ1v) is 12.7. The highest BCUT2D eigenvalue weighted by Gasteiger charge is 2.36. The molecule has 0 radical (unpaired) electrons. The van der Waals surface area contributed by atoms with Crippen molar-refractivity contribution in [1.29, 1.82) is 0 Å². The van der Waals surface area contributed by atoms with E-state index >= 15 is 0 Å². The zero-order valence-electron chi connectivity index (χ0n) is 19.1. The molecule has 3 aromatic heterocycles. The molecule has 5 rings (SSSR count). The Morgan fingerprint density at radius 3 is 2.65 bits per heavy atom. The van der Waals surface area contributed by atoms with Gasteiger partial charge in [0.2, 0.25) is 15.9 Å². The van der Waals surface area contributed by atoms with E-state index in [0.717, 1.165) is 23.1 Å². The van der Waals surface area contributed by atoms with Gasteiger partial charge in [-0.05, 0) is 54.8 Å². The molecule has 2 atom stereocenters. The second kappa shape index (κ2) is 9.08. The fourth-order valence-electron chi connectivity index (χ4n) is 4.53. The Hall–Kier alpha value is -3.43. The summed E-state index contributed by atoms with van der Waals surface area (Å²) in [5, 5.41) is 1.03. The molecule has 0 aliphatic carbocycles. The standard InChI is InChI=1S/C25H27N5O3S/c1-18-12-16-30(17-23(18)29(2)22-11-15-28-25-21(22)10-14-27-25)34(31,32)20-8-6-19(7-9-20)33-24-5-3-4-13-26-24/h3-11,13-15,18,23H,12,16-17H2,1-2H3,(H,27,28). The number of aromatic amines is 1. The van der Waals surface area contributed by atoms with Crippen molar-refractivity contribution in [2.45, 2.75) is 24.3 Å². The van der Waals surface area contributed by atoms with Crippen LogP contribution in [0.15, 0.2) is 78.1 Å². The van der Waals surface area contributed by atoms with E-state index in [2.05, 4.69) is 26.8 Å². The third-order valence-electron chi connectivity index (χ3n) is 6.52. The van der Waals surface area contributed by atoms with E-state index in [4.69, 9.17) is 4.74 Å². The number of nitrogens with one attached hydrogen (secondary N) is 1. The van der Waals surface area contributed by atoms with Crippen LogP contribution in [0.2, 0.25) is 0 Å². The van der Waals surface area contributed by atoms with E-state index in [1.54, 1.807) is 47.0 Å². The molecule has 0 saturated carbocycles. The third-order valence-corrected chi connectivity index (χ3v) is 8.40. The first-order valence-electron chi connectivity index (χ1n) is 11.3. The summed E-state index contributed by atoms with van der Waals surface area (Å²) in [5.41, 5.74) is 1.86. The van der Waals surface area contributed by atoms with Gasteiger partial charge in [0.25, 0.3) is 0 Å². The number of aromatic nitrogens is 3.